The van der Waals surface area contributed by atoms with Crippen LogP contribution in [0.15, 0.2) is 42.5 Å². The van der Waals surface area contributed by atoms with Crippen LogP contribution in [0.4, 0.5) is 0 Å². The summed E-state index contributed by atoms with van der Waals surface area (Å²) in [5, 5.41) is 13.0. The van der Waals surface area contributed by atoms with E-state index in [9.17, 15) is 5.11 Å². The van der Waals surface area contributed by atoms with Gasteiger partial charge >= 0.3 is 0 Å². The molecule has 2 N–H and O–H groups in total. The average molecular weight is 269 g/mol. The first kappa shape index (κ1) is 14.8. The standard InChI is InChI=1S/C18H23NO/c1-13-9-15(3)17(10-14(13)2)11-19-18(12-20)16-7-5-4-6-8-16/h4-10,18-20H,11-12H2,1-3H3. The summed E-state index contributed by atoms with van der Waals surface area (Å²) in [6, 6.07) is 14.5. The minimum Gasteiger partial charge on any atom is -0.394 e. The van der Waals surface area contributed by atoms with Crippen LogP contribution in [0, 0.1) is 20.8 Å². The molecule has 0 fully saturated rings. The smallest absolute Gasteiger partial charge is 0.0626 e. The van der Waals surface area contributed by atoms with Gasteiger partial charge in [0.15, 0.2) is 0 Å². The normalized spacial score (nSPS) is 12.4. The molecule has 0 bridgehead atoms. The first-order chi connectivity index (χ1) is 9.61. The molecule has 1 atom stereocenters. The molecular formula is C18H23NO. The monoisotopic (exact) mass is 269 g/mol. The van der Waals surface area contributed by atoms with E-state index in [1.165, 1.54) is 22.3 Å². The molecule has 2 aromatic carbocycles. The van der Waals surface area contributed by atoms with E-state index in [1.54, 1.807) is 0 Å². The van der Waals surface area contributed by atoms with Crippen LogP contribution in [0.3, 0.4) is 0 Å². The first-order valence-corrected chi connectivity index (χ1v) is 7.07. The van der Waals surface area contributed by atoms with Gasteiger partial charge in [-0.3, -0.25) is 0 Å². The molecule has 20 heavy (non-hydrogen) atoms. The molecule has 2 nitrogen and oxygen atoms in total. The van der Waals surface area contributed by atoms with E-state index in [-0.39, 0.29) is 12.6 Å². The molecule has 0 aliphatic carbocycles. The van der Waals surface area contributed by atoms with Gasteiger partial charge in [0.2, 0.25) is 0 Å². The second-order valence-corrected chi connectivity index (χ2v) is 5.39. The third-order valence-corrected chi connectivity index (χ3v) is 3.88. The summed E-state index contributed by atoms with van der Waals surface area (Å²) in [4.78, 5) is 0. The van der Waals surface area contributed by atoms with Crippen LogP contribution in [-0.2, 0) is 6.54 Å². The van der Waals surface area contributed by atoms with E-state index in [4.69, 9.17) is 0 Å². The van der Waals surface area contributed by atoms with Gasteiger partial charge in [0.25, 0.3) is 0 Å². The number of aliphatic hydroxyl groups excluding tert-OH is 1. The Kier molecular flexibility index (Phi) is 4.94. The Hall–Kier alpha value is -1.64. The number of hydrogen-bond acceptors (Lipinski definition) is 2. The molecule has 0 spiro atoms. The number of aryl methyl sites for hydroxylation is 3. The molecule has 0 heterocycles. The third kappa shape index (κ3) is 3.47. The van der Waals surface area contributed by atoms with Crippen molar-refractivity contribution in [3.05, 3.63) is 70.3 Å². The Morgan fingerprint density at radius 2 is 1.60 bits per heavy atom. The highest BCUT2D eigenvalue weighted by molar-refractivity contribution is 5.36. The number of benzene rings is 2. The Bertz CT molecular complexity index is 563. The van der Waals surface area contributed by atoms with Crippen molar-refractivity contribution in [2.24, 2.45) is 0 Å². The van der Waals surface area contributed by atoms with Crippen LogP contribution in [0.5, 0.6) is 0 Å². The van der Waals surface area contributed by atoms with Crippen molar-refractivity contribution in [3.8, 4) is 0 Å². The van der Waals surface area contributed by atoms with Crippen molar-refractivity contribution in [2.45, 2.75) is 33.4 Å². The fourth-order valence-corrected chi connectivity index (χ4v) is 2.42. The predicted molar refractivity (Wildman–Crippen MR) is 83.8 cm³/mol. The van der Waals surface area contributed by atoms with Crippen molar-refractivity contribution in [3.63, 3.8) is 0 Å². The van der Waals surface area contributed by atoms with Gasteiger partial charge in [-0.25, -0.2) is 0 Å². The minimum atomic E-state index is -0.0165. The third-order valence-electron chi connectivity index (χ3n) is 3.88. The van der Waals surface area contributed by atoms with Crippen molar-refractivity contribution in [1.82, 2.24) is 5.32 Å². The highest BCUT2D eigenvalue weighted by atomic mass is 16.3. The van der Waals surface area contributed by atoms with Crippen LogP contribution in [0.2, 0.25) is 0 Å². The molecule has 0 aromatic heterocycles. The van der Waals surface area contributed by atoms with Gasteiger partial charge in [0.1, 0.15) is 0 Å². The van der Waals surface area contributed by atoms with Crippen LogP contribution >= 0.6 is 0 Å². The Morgan fingerprint density at radius 3 is 2.25 bits per heavy atom. The van der Waals surface area contributed by atoms with Gasteiger partial charge in [0.05, 0.1) is 12.6 Å². The molecule has 2 aromatic rings. The second kappa shape index (κ2) is 6.69. The van der Waals surface area contributed by atoms with E-state index in [1.807, 2.05) is 30.3 Å². The van der Waals surface area contributed by atoms with Gasteiger partial charge in [-0.1, -0.05) is 42.5 Å². The average Bonchev–Trinajstić information content (AvgIpc) is 2.46. The topological polar surface area (TPSA) is 32.3 Å². The lowest BCUT2D eigenvalue weighted by Gasteiger charge is -2.18. The maximum Gasteiger partial charge on any atom is 0.0626 e. The summed E-state index contributed by atoms with van der Waals surface area (Å²) in [5.74, 6) is 0. The SMILES string of the molecule is Cc1cc(C)c(CNC(CO)c2ccccc2)cc1C. The molecule has 0 saturated carbocycles. The van der Waals surface area contributed by atoms with Crippen LogP contribution in [0.1, 0.15) is 33.9 Å². The summed E-state index contributed by atoms with van der Waals surface area (Å²) < 4.78 is 0. The van der Waals surface area contributed by atoms with Crippen LogP contribution < -0.4 is 5.32 Å². The fourth-order valence-electron chi connectivity index (χ4n) is 2.42. The molecule has 1 unspecified atom stereocenters. The molecule has 0 amide bonds. The highest BCUT2D eigenvalue weighted by Crippen LogP contribution is 2.17. The minimum absolute atomic E-state index is 0.0165. The molecule has 0 saturated heterocycles. The molecule has 106 valence electrons. The van der Waals surface area contributed by atoms with Crippen LogP contribution in [0.25, 0.3) is 0 Å². The zero-order chi connectivity index (χ0) is 14.5. The summed E-state index contributed by atoms with van der Waals surface area (Å²) >= 11 is 0. The zero-order valence-corrected chi connectivity index (χ0v) is 12.5. The van der Waals surface area contributed by atoms with E-state index in [0.29, 0.717) is 0 Å². The van der Waals surface area contributed by atoms with Gasteiger partial charge in [-0.15, -0.1) is 0 Å². The van der Waals surface area contributed by atoms with E-state index in [2.05, 4.69) is 38.2 Å². The Morgan fingerprint density at radius 1 is 0.950 bits per heavy atom. The molecular weight excluding hydrogens is 246 g/mol. The Balaban J connectivity index is 2.09. The van der Waals surface area contributed by atoms with Crippen molar-refractivity contribution in [2.75, 3.05) is 6.61 Å². The van der Waals surface area contributed by atoms with Crippen molar-refractivity contribution in [1.29, 1.82) is 0 Å². The van der Waals surface area contributed by atoms with E-state index in [0.717, 1.165) is 12.1 Å². The molecule has 2 heteroatoms. The number of rotatable bonds is 5. The van der Waals surface area contributed by atoms with Gasteiger partial charge in [0, 0.05) is 6.54 Å². The number of nitrogens with one attached hydrogen (secondary N) is 1. The summed E-state index contributed by atoms with van der Waals surface area (Å²) in [6.07, 6.45) is 0. The fraction of sp³-hybridized carbons (Fsp3) is 0.333. The molecule has 2 rings (SSSR count). The summed E-state index contributed by atoms with van der Waals surface area (Å²) in [6.45, 7) is 7.29. The van der Waals surface area contributed by atoms with Gasteiger partial charge in [-0.2, -0.15) is 0 Å². The van der Waals surface area contributed by atoms with E-state index < -0.39 is 0 Å². The maximum atomic E-state index is 9.56. The second-order valence-electron chi connectivity index (χ2n) is 5.39. The Labute approximate surface area is 121 Å². The molecule has 0 radical (unpaired) electrons. The predicted octanol–water partition coefficient (Wildman–Crippen LogP) is 3.44. The maximum absolute atomic E-state index is 9.56. The molecule has 0 aliphatic heterocycles. The molecule has 0 aliphatic rings. The van der Waals surface area contributed by atoms with Crippen LogP contribution in [-0.4, -0.2) is 11.7 Å². The first-order valence-electron chi connectivity index (χ1n) is 7.07. The van der Waals surface area contributed by atoms with Gasteiger partial charge < -0.3 is 10.4 Å². The quantitative estimate of drug-likeness (QED) is 0.871. The highest BCUT2D eigenvalue weighted by Gasteiger charge is 2.10. The van der Waals surface area contributed by atoms with Crippen molar-refractivity contribution < 1.29 is 5.11 Å². The largest absolute Gasteiger partial charge is 0.394 e. The number of aliphatic hydroxyl groups is 1. The summed E-state index contributed by atoms with van der Waals surface area (Å²) in [5.41, 5.74) is 6.35. The number of hydrogen-bond donors (Lipinski definition) is 2. The zero-order valence-electron chi connectivity index (χ0n) is 12.5. The lowest BCUT2D eigenvalue weighted by atomic mass is 10.00. The lowest BCUT2D eigenvalue weighted by Crippen LogP contribution is -2.24. The van der Waals surface area contributed by atoms with E-state index >= 15 is 0 Å². The summed E-state index contributed by atoms with van der Waals surface area (Å²) in [7, 11) is 0. The van der Waals surface area contributed by atoms with Gasteiger partial charge in [-0.05, 0) is 48.6 Å². The van der Waals surface area contributed by atoms with Crippen molar-refractivity contribution >= 4 is 0 Å². The lowest BCUT2D eigenvalue weighted by molar-refractivity contribution is 0.243.